The number of nitrogens with one attached hydrogen (secondary N) is 1. The third-order valence-corrected chi connectivity index (χ3v) is 5.13. The molecular weight excluding hydrogens is 336 g/mol. The van der Waals surface area contributed by atoms with Crippen LogP contribution in [0.3, 0.4) is 0 Å². The van der Waals surface area contributed by atoms with E-state index >= 15 is 0 Å². The molecule has 1 N–H and O–H groups in total. The average molecular weight is 350 g/mol. The fourth-order valence-electron chi connectivity index (χ4n) is 1.97. The highest BCUT2D eigenvalue weighted by molar-refractivity contribution is 8.01. The zero-order valence-corrected chi connectivity index (χ0v) is 13.9. The monoisotopic (exact) mass is 350 g/mol. The zero-order chi connectivity index (χ0) is 16.2. The molecule has 0 unspecified atom stereocenters. The molecule has 0 radical (unpaired) electrons. The number of aryl methyl sites for hydroxylation is 1. The van der Waals surface area contributed by atoms with E-state index in [0.717, 1.165) is 16.2 Å². The molecule has 23 heavy (non-hydrogen) atoms. The van der Waals surface area contributed by atoms with Gasteiger partial charge in [0.05, 0.1) is 12.3 Å². The summed E-state index contributed by atoms with van der Waals surface area (Å²) < 4.78 is 5.41. The van der Waals surface area contributed by atoms with E-state index in [4.69, 9.17) is 4.74 Å². The van der Waals surface area contributed by atoms with Gasteiger partial charge in [0, 0.05) is 5.69 Å². The number of ether oxygens (including phenoxy) is 1. The summed E-state index contributed by atoms with van der Waals surface area (Å²) in [6.07, 6.45) is -0.574. The molecule has 1 aromatic carbocycles. The summed E-state index contributed by atoms with van der Waals surface area (Å²) in [5.41, 5.74) is 2.08. The van der Waals surface area contributed by atoms with E-state index in [1.165, 1.54) is 23.1 Å². The van der Waals surface area contributed by atoms with Gasteiger partial charge in [-0.3, -0.25) is 4.79 Å². The summed E-state index contributed by atoms with van der Waals surface area (Å²) in [6, 6.07) is 7.88. The standard InChI is InChI=1S/C14H14N4O3S2/c1-9-4-2-3-5-10(9)15-12-16-17-13(23-12)22-8-11(19)18-6-7-21-14(18)20/h2-5H,6-8H2,1H3,(H,15,16). The molecule has 0 aliphatic carbocycles. The first kappa shape index (κ1) is 15.8. The van der Waals surface area contributed by atoms with Gasteiger partial charge in [-0.25, -0.2) is 9.69 Å². The lowest BCUT2D eigenvalue weighted by atomic mass is 10.2. The number of hydrogen-bond acceptors (Lipinski definition) is 8. The summed E-state index contributed by atoms with van der Waals surface area (Å²) in [6.45, 7) is 2.58. The van der Waals surface area contributed by atoms with Crippen molar-refractivity contribution in [1.29, 1.82) is 0 Å². The van der Waals surface area contributed by atoms with Crippen molar-refractivity contribution in [2.45, 2.75) is 11.3 Å². The van der Waals surface area contributed by atoms with E-state index < -0.39 is 6.09 Å². The molecule has 1 aliphatic rings. The predicted molar refractivity (Wildman–Crippen MR) is 88.2 cm³/mol. The Labute approximate surface area is 141 Å². The minimum Gasteiger partial charge on any atom is -0.447 e. The van der Waals surface area contributed by atoms with Crippen LogP contribution in [0.1, 0.15) is 5.56 Å². The van der Waals surface area contributed by atoms with E-state index in [0.29, 0.717) is 16.0 Å². The molecule has 7 nitrogen and oxygen atoms in total. The Hall–Kier alpha value is -2.13. The van der Waals surface area contributed by atoms with E-state index in [2.05, 4.69) is 15.5 Å². The fraction of sp³-hybridized carbons (Fsp3) is 0.286. The summed E-state index contributed by atoms with van der Waals surface area (Å²) in [5.74, 6) is -0.144. The molecule has 0 saturated carbocycles. The number of rotatable bonds is 5. The second-order valence-corrected chi connectivity index (χ2v) is 6.96. The summed E-state index contributed by atoms with van der Waals surface area (Å²) in [4.78, 5) is 24.3. The van der Waals surface area contributed by atoms with Crippen LogP contribution in [0.25, 0.3) is 0 Å². The van der Waals surface area contributed by atoms with Crippen molar-refractivity contribution >= 4 is 45.9 Å². The Balaban J connectivity index is 1.56. The maximum Gasteiger partial charge on any atom is 0.416 e. The lowest BCUT2D eigenvalue weighted by molar-refractivity contribution is -0.125. The third-order valence-electron chi connectivity index (χ3n) is 3.17. The molecule has 3 rings (SSSR count). The van der Waals surface area contributed by atoms with Gasteiger partial charge < -0.3 is 10.1 Å². The van der Waals surface area contributed by atoms with Crippen LogP contribution in [0, 0.1) is 6.92 Å². The minimum atomic E-state index is -0.574. The number of benzene rings is 1. The number of hydrogen-bond donors (Lipinski definition) is 1. The smallest absolute Gasteiger partial charge is 0.416 e. The number of para-hydroxylation sites is 1. The van der Waals surface area contributed by atoms with Gasteiger partial charge in [-0.2, -0.15) is 0 Å². The molecule has 1 fully saturated rings. The van der Waals surface area contributed by atoms with Gasteiger partial charge in [0.2, 0.25) is 11.0 Å². The van der Waals surface area contributed by atoms with Gasteiger partial charge in [0.15, 0.2) is 4.34 Å². The third kappa shape index (κ3) is 3.80. The van der Waals surface area contributed by atoms with Crippen molar-refractivity contribution in [2.75, 3.05) is 24.2 Å². The van der Waals surface area contributed by atoms with Crippen molar-refractivity contribution in [3.05, 3.63) is 29.8 Å². The van der Waals surface area contributed by atoms with Crippen LogP contribution in [0.2, 0.25) is 0 Å². The fourth-order valence-corrected chi connectivity index (χ4v) is 3.61. The van der Waals surface area contributed by atoms with Gasteiger partial charge >= 0.3 is 6.09 Å². The van der Waals surface area contributed by atoms with Gasteiger partial charge in [-0.15, -0.1) is 10.2 Å². The molecule has 0 spiro atoms. The van der Waals surface area contributed by atoms with Crippen LogP contribution in [-0.2, 0) is 9.53 Å². The first-order valence-electron chi connectivity index (χ1n) is 6.89. The second-order valence-electron chi connectivity index (χ2n) is 4.76. The summed E-state index contributed by atoms with van der Waals surface area (Å²) in [5, 5.41) is 12.0. The number of cyclic esters (lactones) is 1. The Morgan fingerprint density at radius 2 is 2.26 bits per heavy atom. The zero-order valence-electron chi connectivity index (χ0n) is 12.3. The topological polar surface area (TPSA) is 84.4 Å². The molecule has 2 heterocycles. The van der Waals surface area contributed by atoms with Crippen LogP contribution in [0.5, 0.6) is 0 Å². The average Bonchev–Trinajstić information content (AvgIpc) is 3.16. The van der Waals surface area contributed by atoms with E-state index in [9.17, 15) is 9.59 Å². The van der Waals surface area contributed by atoms with Gasteiger partial charge in [0.25, 0.3) is 0 Å². The van der Waals surface area contributed by atoms with Gasteiger partial charge in [-0.05, 0) is 18.6 Å². The lowest BCUT2D eigenvalue weighted by Gasteiger charge is -2.08. The number of aromatic nitrogens is 2. The molecule has 2 amide bonds. The second kappa shape index (κ2) is 6.97. The minimum absolute atomic E-state index is 0.133. The molecule has 1 saturated heterocycles. The first-order valence-corrected chi connectivity index (χ1v) is 8.70. The van der Waals surface area contributed by atoms with Crippen molar-refractivity contribution in [2.24, 2.45) is 0 Å². The molecular formula is C14H14N4O3S2. The first-order chi connectivity index (χ1) is 11.1. The Morgan fingerprint density at radius 1 is 1.43 bits per heavy atom. The van der Waals surface area contributed by atoms with Crippen molar-refractivity contribution in [3.8, 4) is 0 Å². The van der Waals surface area contributed by atoms with Crippen molar-refractivity contribution in [1.82, 2.24) is 15.1 Å². The van der Waals surface area contributed by atoms with E-state index in [1.807, 2.05) is 31.2 Å². The highest BCUT2D eigenvalue weighted by Gasteiger charge is 2.28. The van der Waals surface area contributed by atoms with Gasteiger partial charge in [0.1, 0.15) is 6.61 Å². The van der Waals surface area contributed by atoms with Crippen molar-refractivity contribution in [3.63, 3.8) is 0 Å². The normalized spacial score (nSPS) is 14.0. The van der Waals surface area contributed by atoms with Crippen LogP contribution in [-0.4, -0.2) is 46.0 Å². The molecule has 9 heteroatoms. The molecule has 2 aromatic rings. The summed E-state index contributed by atoms with van der Waals surface area (Å²) >= 11 is 2.62. The van der Waals surface area contributed by atoms with Crippen LogP contribution < -0.4 is 5.32 Å². The highest BCUT2D eigenvalue weighted by Crippen LogP contribution is 2.28. The van der Waals surface area contributed by atoms with E-state index in [1.54, 1.807) is 0 Å². The highest BCUT2D eigenvalue weighted by atomic mass is 32.2. The Morgan fingerprint density at radius 3 is 3.00 bits per heavy atom. The molecule has 0 bridgehead atoms. The maximum atomic E-state index is 11.9. The largest absolute Gasteiger partial charge is 0.447 e. The number of carbonyl (C=O) groups excluding carboxylic acids is 2. The Bertz CT molecular complexity index is 734. The number of amides is 2. The molecule has 1 aliphatic heterocycles. The molecule has 1 aromatic heterocycles. The lowest BCUT2D eigenvalue weighted by Crippen LogP contribution is -2.32. The molecule has 120 valence electrons. The van der Waals surface area contributed by atoms with E-state index in [-0.39, 0.29) is 18.3 Å². The van der Waals surface area contributed by atoms with Crippen molar-refractivity contribution < 1.29 is 14.3 Å². The number of carbonyl (C=O) groups is 2. The summed E-state index contributed by atoms with van der Waals surface area (Å²) in [7, 11) is 0. The Kier molecular flexibility index (Phi) is 4.77. The SMILES string of the molecule is Cc1ccccc1Nc1nnc(SCC(=O)N2CCOC2=O)s1. The quantitative estimate of drug-likeness (QED) is 0.830. The number of nitrogens with zero attached hydrogens (tertiary/aromatic N) is 3. The van der Waals surface area contributed by atoms with Gasteiger partial charge in [-0.1, -0.05) is 41.3 Å². The number of thioether (sulfide) groups is 1. The predicted octanol–water partition coefficient (Wildman–Crippen LogP) is 2.66. The number of imide groups is 1. The molecule has 0 atom stereocenters. The van der Waals surface area contributed by atoms with Crippen LogP contribution in [0.15, 0.2) is 28.6 Å². The maximum absolute atomic E-state index is 11.9. The number of anilines is 2. The van der Waals surface area contributed by atoms with Crippen LogP contribution in [0.4, 0.5) is 15.6 Å². The van der Waals surface area contributed by atoms with Crippen LogP contribution >= 0.6 is 23.1 Å².